The highest BCUT2D eigenvalue weighted by Gasteiger charge is 2.39. The van der Waals surface area contributed by atoms with Gasteiger partial charge in [-0.1, -0.05) is 19.8 Å². The van der Waals surface area contributed by atoms with Gasteiger partial charge >= 0.3 is 14.6 Å². The number of hydrogen-bond acceptors (Lipinski definition) is 6. The van der Waals surface area contributed by atoms with E-state index < -0.39 is 25.2 Å². The van der Waals surface area contributed by atoms with E-state index in [1.54, 1.807) is 0 Å². The van der Waals surface area contributed by atoms with Crippen molar-refractivity contribution < 1.29 is 13.0 Å². The Hall–Kier alpha value is -1.61. The molecular weight excluding hydrogens is 445 g/mol. The Labute approximate surface area is 188 Å². The molecule has 0 radical (unpaired) electrons. The van der Waals surface area contributed by atoms with E-state index in [2.05, 4.69) is 76.8 Å². The second kappa shape index (κ2) is 10.8. The highest BCUT2D eigenvalue weighted by Crippen LogP contribution is 2.26. The number of amides is 2. The Morgan fingerprint density at radius 2 is 1.65 bits per heavy atom. The Balaban J connectivity index is 1.76. The molecule has 0 saturated heterocycles. The number of fused-ring (bicyclic) bond motifs is 1. The Morgan fingerprint density at radius 1 is 1.00 bits per heavy atom. The maximum absolute atomic E-state index is 12.2. The summed E-state index contributed by atoms with van der Waals surface area (Å²) in [6.07, 6.45) is 6.19. The topological polar surface area (TPSA) is 114 Å². The molecule has 0 aliphatic carbocycles. The van der Waals surface area contributed by atoms with Gasteiger partial charge < -0.3 is 18.5 Å². The first-order valence-corrected chi connectivity index (χ1v) is 20.1. The van der Waals surface area contributed by atoms with Gasteiger partial charge in [0.05, 0.1) is 6.33 Å². The van der Waals surface area contributed by atoms with E-state index in [1.807, 2.05) is 0 Å². The SMILES string of the molecule is CCCC[Si](C)(C)O[Si](C)(C)O[Si](C)(C)CCCNC(=O)Nc1ncnc2nc[nH]c12. The molecule has 0 bridgehead atoms. The predicted molar refractivity (Wildman–Crippen MR) is 132 cm³/mol. The highest BCUT2D eigenvalue weighted by molar-refractivity contribution is 6.87. The van der Waals surface area contributed by atoms with Gasteiger partial charge in [0.25, 0.3) is 0 Å². The van der Waals surface area contributed by atoms with Crippen molar-refractivity contribution in [1.29, 1.82) is 0 Å². The molecule has 0 aliphatic heterocycles. The van der Waals surface area contributed by atoms with E-state index >= 15 is 0 Å². The van der Waals surface area contributed by atoms with Crippen LogP contribution >= 0.6 is 0 Å². The monoisotopic (exact) mass is 482 g/mol. The fraction of sp³-hybridized carbons (Fsp3) is 0.684. The molecule has 0 atom stereocenters. The number of aromatic amines is 1. The Bertz CT molecular complexity index is 859. The normalized spacial score (nSPS) is 12.9. The van der Waals surface area contributed by atoms with Crippen LogP contribution in [0.1, 0.15) is 26.2 Å². The zero-order valence-electron chi connectivity index (χ0n) is 20.0. The van der Waals surface area contributed by atoms with Crippen molar-refractivity contribution in [2.24, 2.45) is 0 Å². The largest absolute Gasteiger partial charge is 0.437 e. The molecule has 0 aliphatic rings. The van der Waals surface area contributed by atoms with Gasteiger partial charge in [0, 0.05) is 6.54 Å². The number of hydrogen-bond donors (Lipinski definition) is 3. The van der Waals surface area contributed by atoms with Crippen molar-refractivity contribution in [3.8, 4) is 0 Å². The van der Waals surface area contributed by atoms with Crippen LogP contribution in [0.25, 0.3) is 11.2 Å². The Morgan fingerprint density at radius 3 is 2.29 bits per heavy atom. The molecule has 9 nitrogen and oxygen atoms in total. The molecule has 174 valence electrons. The van der Waals surface area contributed by atoms with Gasteiger partial charge in [0.1, 0.15) is 11.8 Å². The molecule has 3 N–H and O–H groups in total. The van der Waals surface area contributed by atoms with Gasteiger partial charge in [-0.3, -0.25) is 5.32 Å². The lowest BCUT2D eigenvalue weighted by molar-refractivity contribution is 0.252. The van der Waals surface area contributed by atoms with Crippen LogP contribution in [-0.2, 0) is 8.23 Å². The number of nitrogens with zero attached hydrogens (tertiary/aromatic N) is 3. The van der Waals surface area contributed by atoms with Crippen molar-refractivity contribution >= 4 is 48.2 Å². The lowest BCUT2D eigenvalue weighted by Gasteiger charge is -2.38. The first-order chi connectivity index (χ1) is 14.4. The lowest BCUT2D eigenvalue weighted by Crippen LogP contribution is -2.52. The molecular formula is C19H38N6O3Si3. The number of anilines is 1. The van der Waals surface area contributed by atoms with E-state index in [9.17, 15) is 4.79 Å². The van der Waals surface area contributed by atoms with Gasteiger partial charge in [-0.25, -0.2) is 19.7 Å². The quantitative estimate of drug-likeness (QED) is 0.295. The zero-order valence-corrected chi connectivity index (χ0v) is 23.0. The number of rotatable bonds is 12. The average molecular weight is 483 g/mol. The molecule has 2 amide bonds. The van der Waals surface area contributed by atoms with E-state index in [1.165, 1.54) is 31.5 Å². The molecule has 0 spiro atoms. The second-order valence-electron chi connectivity index (χ2n) is 9.53. The molecule has 0 saturated carbocycles. The van der Waals surface area contributed by atoms with Crippen LogP contribution in [0.2, 0.25) is 51.4 Å². The summed E-state index contributed by atoms with van der Waals surface area (Å²) in [6.45, 7) is 16.2. The van der Waals surface area contributed by atoms with Gasteiger partial charge in [-0.05, 0) is 57.8 Å². The van der Waals surface area contributed by atoms with Crippen LogP contribution < -0.4 is 10.6 Å². The van der Waals surface area contributed by atoms with Crippen molar-refractivity contribution in [2.75, 3.05) is 11.9 Å². The Kier molecular flexibility index (Phi) is 8.94. The van der Waals surface area contributed by atoms with Crippen molar-refractivity contribution in [3.63, 3.8) is 0 Å². The summed E-state index contributed by atoms with van der Waals surface area (Å²) < 4.78 is 13.2. The number of carbonyl (C=O) groups is 1. The van der Waals surface area contributed by atoms with E-state index in [0.717, 1.165) is 12.5 Å². The molecule has 2 aromatic heterocycles. The summed E-state index contributed by atoms with van der Waals surface area (Å²) in [5.74, 6) is 0.415. The average Bonchev–Trinajstić information content (AvgIpc) is 3.11. The molecule has 12 heteroatoms. The van der Waals surface area contributed by atoms with Crippen LogP contribution in [0.5, 0.6) is 0 Å². The fourth-order valence-corrected chi connectivity index (χ4v) is 18.0. The van der Waals surface area contributed by atoms with Crippen LogP contribution in [0.4, 0.5) is 10.6 Å². The van der Waals surface area contributed by atoms with E-state index in [4.69, 9.17) is 8.23 Å². The minimum atomic E-state index is -2.18. The first-order valence-electron chi connectivity index (χ1n) is 11.0. The number of carbonyl (C=O) groups excluding carboxylic acids is 1. The highest BCUT2D eigenvalue weighted by atomic mass is 28.5. The summed E-state index contributed by atoms with van der Waals surface area (Å²) in [7, 11) is -5.75. The summed E-state index contributed by atoms with van der Waals surface area (Å²) in [4.78, 5) is 27.4. The van der Waals surface area contributed by atoms with Crippen molar-refractivity contribution in [1.82, 2.24) is 25.3 Å². The third kappa shape index (κ3) is 8.80. The minimum absolute atomic E-state index is 0.295. The van der Waals surface area contributed by atoms with Gasteiger partial charge in [0.15, 0.2) is 28.1 Å². The first kappa shape index (κ1) is 25.6. The van der Waals surface area contributed by atoms with Gasteiger partial charge in [0.2, 0.25) is 0 Å². The number of H-pyrrole nitrogens is 1. The zero-order chi connectivity index (χ0) is 23.1. The van der Waals surface area contributed by atoms with Crippen LogP contribution in [0.3, 0.4) is 0 Å². The van der Waals surface area contributed by atoms with Crippen LogP contribution in [0.15, 0.2) is 12.7 Å². The standard InChI is InChI=1S/C19H38N6O3Si3/c1-8-9-12-29(2,3)27-31(6,7)28-30(4,5)13-10-11-20-19(26)25-18-16-17(22-14-21-16)23-15-24-18/h14-15H,8-13H2,1-7H3,(H3,20,21,22,23,24,25,26). The number of urea groups is 1. The number of unbranched alkanes of at least 4 members (excludes halogenated alkanes) is 1. The summed E-state index contributed by atoms with van der Waals surface area (Å²) in [5, 5.41) is 5.64. The number of nitrogens with one attached hydrogen (secondary N) is 3. The number of aromatic nitrogens is 4. The molecule has 2 aromatic rings. The summed E-state index contributed by atoms with van der Waals surface area (Å²) in [6, 6.07) is 1.85. The molecule has 0 unspecified atom stereocenters. The lowest BCUT2D eigenvalue weighted by atomic mass is 10.4. The summed E-state index contributed by atoms with van der Waals surface area (Å²) >= 11 is 0. The van der Waals surface area contributed by atoms with Crippen LogP contribution in [-0.4, -0.2) is 57.7 Å². The smallest absolute Gasteiger partial charge is 0.320 e. The molecule has 31 heavy (non-hydrogen) atoms. The predicted octanol–water partition coefficient (Wildman–Crippen LogP) is 4.81. The molecule has 0 aromatic carbocycles. The second-order valence-corrected chi connectivity index (χ2v) is 22.0. The van der Waals surface area contributed by atoms with E-state index in [-0.39, 0.29) is 6.03 Å². The van der Waals surface area contributed by atoms with Gasteiger partial charge in [-0.2, -0.15) is 0 Å². The molecule has 2 heterocycles. The third-order valence-electron chi connectivity index (χ3n) is 4.87. The fourth-order valence-electron chi connectivity index (χ4n) is 3.78. The van der Waals surface area contributed by atoms with Crippen molar-refractivity contribution in [2.45, 2.75) is 77.6 Å². The minimum Gasteiger partial charge on any atom is -0.437 e. The maximum Gasteiger partial charge on any atom is 0.320 e. The van der Waals surface area contributed by atoms with E-state index in [0.29, 0.717) is 23.5 Å². The third-order valence-corrected chi connectivity index (χ3v) is 16.3. The molecule has 2 rings (SSSR count). The molecule has 0 fully saturated rings. The maximum atomic E-state index is 12.2. The van der Waals surface area contributed by atoms with Gasteiger partial charge in [-0.15, -0.1) is 0 Å². The van der Waals surface area contributed by atoms with Crippen molar-refractivity contribution in [3.05, 3.63) is 12.7 Å². The summed E-state index contributed by atoms with van der Waals surface area (Å²) in [5.41, 5.74) is 1.13. The van der Waals surface area contributed by atoms with Crippen LogP contribution in [0, 0.1) is 0 Å². The number of imidazole rings is 1.